The highest BCUT2D eigenvalue weighted by molar-refractivity contribution is 6.87. The molecule has 0 heterocycles. The molecular weight excluding hydrogens is 49.6 g/mol. The quantitative estimate of drug-likeness (QED) is 0.336. The van der Waals surface area contributed by atoms with E-state index in [2.05, 4.69) is 15.7 Å². The summed E-state index contributed by atoms with van der Waals surface area (Å²) in [5.74, 6) is 0. The van der Waals surface area contributed by atoms with E-state index in [1.54, 1.807) is 0 Å². The first-order valence-electron chi connectivity index (χ1n) is 0.781. The van der Waals surface area contributed by atoms with Crippen LogP contribution in [0.15, 0.2) is 0 Å². The molecule has 0 spiro atoms. The maximum Gasteiger partial charge on any atom is 0.150 e. The molecule has 1 nitrogen and oxygen atoms in total. The normalized spacial score (nSPS) is 6.00. The summed E-state index contributed by atoms with van der Waals surface area (Å²) in [6, 6.07) is 0. The molecular formula is CB2O. The highest BCUT2D eigenvalue weighted by Gasteiger charge is 1.63. The zero-order chi connectivity index (χ0) is 3.58. The van der Waals surface area contributed by atoms with E-state index in [1.807, 2.05) is 0 Å². The molecule has 0 fully saturated rings. The van der Waals surface area contributed by atoms with Crippen LogP contribution >= 0.6 is 0 Å². The third-order valence-electron chi connectivity index (χ3n) is 0. The highest BCUT2D eigenvalue weighted by Crippen LogP contribution is 1.40. The van der Waals surface area contributed by atoms with Crippen LogP contribution in [0.5, 0.6) is 0 Å². The van der Waals surface area contributed by atoms with Gasteiger partial charge in [0.1, 0.15) is 0 Å². The number of hydrogen-bond donors (Lipinski definition) is 0. The van der Waals surface area contributed by atoms with Crippen LogP contribution in [-0.2, 0) is 0 Å². The first kappa shape index (κ1) is 3.80. The molecule has 0 saturated heterocycles. The van der Waals surface area contributed by atoms with Crippen molar-refractivity contribution < 1.29 is 4.79 Å². The van der Waals surface area contributed by atoms with E-state index in [9.17, 15) is 0 Å². The Labute approximate surface area is 27.2 Å². The SMILES string of the molecule is [B]C([B])=O. The number of hydrogen-bond acceptors (Lipinski definition) is 1. The van der Waals surface area contributed by atoms with Crippen LogP contribution in [0.1, 0.15) is 0 Å². The molecule has 0 N–H and O–H groups in total. The second-order valence-corrected chi connectivity index (χ2v) is 0.402. The van der Waals surface area contributed by atoms with Crippen LogP contribution < -0.4 is 0 Å². The average Bonchev–Trinajstić information content (AvgIpc) is 0.811. The maximum absolute atomic E-state index is 9.00. The molecule has 0 aromatic rings. The van der Waals surface area contributed by atoms with Gasteiger partial charge in [0.25, 0.3) is 0 Å². The van der Waals surface area contributed by atoms with Crippen molar-refractivity contribution in [3.63, 3.8) is 0 Å². The van der Waals surface area contributed by atoms with Crippen LogP contribution in [-0.4, -0.2) is 21.3 Å². The summed E-state index contributed by atoms with van der Waals surface area (Å²) < 4.78 is 0. The fourth-order valence-corrected chi connectivity index (χ4v) is 0. The molecule has 3 heteroatoms. The monoisotopic (exact) mass is 50.0 g/mol. The minimum absolute atomic E-state index is 0.833. The van der Waals surface area contributed by atoms with E-state index in [-0.39, 0.29) is 0 Å². The first-order valence-corrected chi connectivity index (χ1v) is 0.781. The van der Waals surface area contributed by atoms with Gasteiger partial charge in [-0.3, -0.25) is 0 Å². The molecule has 0 aromatic heterocycles. The van der Waals surface area contributed by atoms with Crippen molar-refractivity contribution in [1.82, 2.24) is 0 Å². The van der Waals surface area contributed by atoms with Crippen LogP contribution in [0.2, 0.25) is 0 Å². The largest absolute Gasteiger partial charge is 0.325 e. The van der Waals surface area contributed by atoms with E-state index in [4.69, 9.17) is 4.79 Å². The standard InChI is InChI=1S/CB2O/c2-1(3)4. The van der Waals surface area contributed by atoms with Crippen molar-refractivity contribution in [1.29, 1.82) is 0 Å². The summed E-state index contributed by atoms with van der Waals surface area (Å²) in [6.07, 6.45) is 0. The van der Waals surface area contributed by atoms with Gasteiger partial charge in [0.15, 0.2) is 15.7 Å². The first-order chi connectivity index (χ1) is 1.73. The van der Waals surface area contributed by atoms with E-state index < -0.39 is 5.58 Å². The predicted molar refractivity (Wildman–Crippen MR) is 16.9 cm³/mol. The number of carbonyl (C=O) groups excluding carboxylic acids is 1. The lowest BCUT2D eigenvalue weighted by atomic mass is 9.85. The number of carbonyl (C=O) groups is 1. The van der Waals surface area contributed by atoms with Gasteiger partial charge in [-0.25, -0.2) is 0 Å². The molecule has 4 heavy (non-hydrogen) atoms. The van der Waals surface area contributed by atoms with E-state index in [0.717, 1.165) is 0 Å². The summed E-state index contributed by atoms with van der Waals surface area (Å²) in [5.41, 5.74) is -0.833. The predicted octanol–water partition coefficient (Wildman–Crippen LogP) is -0.557. The highest BCUT2D eigenvalue weighted by atomic mass is 16.1. The number of rotatable bonds is 0. The summed E-state index contributed by atoms with van der Waals surface area (Å²) >= 11 is 0. The van der Waals surface area contributed by atoms with Gasteiger partial charge in [-0.2, -0.15) is 0 Å². The Bertz CT molecular complexity index is 29.0. The lowest BCUT2D eigenvalue weighted by Gasteiger charge is -1.55. The van der Waals surface area contributed by atoms with Crippen molar-refractivity contribution >= 4 is 21.3 Å². The maximum atomic E-state index is 9.00. The van der Waals surface area contributed by atoms with Gasteiger partial charge in [0, 0.05) is 5.58 Å². The molecule has 0 bridgehead atoms. The Hall–Kier alpha value is -0.200. The lowest BCUT2D eigenvalue weighted by Crippen LogP contribution is -1.85. The molecule has 0 aromatic carbocycles. The third kappa shape index (κ3) is 28.8. The zero-order valence-corrected chi connectivity index (χ0v) is 2.06. The van der Waals surface area contributed by atoms with E-state index in [1.165, 1.54) is 0 Å². The third-order valence-corrected chi connectivity index (χ3v) is 0. The molecule has 0 aliphatic carbocycles. The molecule has 0 saturated carbocycles. The molecule has 0 aliphatic heterocycles. The second kappa shape index (κ2) is 1.16. The fraction of sp³-hybridized carbons (Fsp3) is 0. The minimum atomic E-state index is -0.833. The molecule has 16 valence electrons. The molecule has 0 atom stereocenters. The van der Waals surface area contributed by atoms with Gasteiger partial charge in [0.05, 0.1) is 0 Å². The smallest absolute Gasteiger partial charge is 0.150 e. The topological polar surface area (TPSA) is 17.1 Å². The molecule has 0 unspecified atom stereocenters. The fourth-order valence-electron chi connectivity index (χ4n) is 0. The summed E-state index contributed by atoms with van der Waals surface area (Å²) in [4.78, 5) is 9.00. The zero-order valence-electron chi connectivity index (χ0n) is 2.06. The minimum Gasteiger partial charge on any atom is -0.325 e. The molecule has 0 aliphatic rings. The van der Waals surface area contributed by atoms with Gasteiger partial charge in [-0.1, -0.05) is 0 Å². The van der Waals surface area contributed by atoms with Crippen LogP contribution in [0.4, 0.5) is 4.79 Å². The van der Waals surface area contributed by atoms with Gasteiger partial charge < -0.3 is 4.79 Å². The Morgan fingerprint density at radius 1 is 1.50 bits per heavy atom. The van der Waals surface area contributed by atoms with E-state index in [0.29, 0.717) is 0 Å². The van der Waals surface area contributed by atoms with Crippen LogP contribution in [0.3, 0.4) is 0 Å². The molecule has 4 radical (unpaired) electrons. The van der Waals surface area contributed by atoms with Crippen LogP contribution in [0, 0.1) is 0 Å². The van der Waals surface area contributed by atoms with Gasteiger partial charge >= 0.3 is 0 Å². The van der Waals surface area contributed by atoms with Crippen molar-refractivity contribution in [2.75, 3.05) is 0 Å². The van der Waals surface area contributed by atoms with Gasteiger partial charge in [0.2, 0.25) is 0 Å². The van der Waals surface area contributed by atoms with E-state index >= 15 is 0 Å². The summed E-state index contributed by atoms with van der Waals surface area (Å²) in [7, 11) is 8.50. The molecule has 0 amide bonds. The van der Waals surface area contributed by atoms with Gasteiger partial charge in [-0.15, -0.1) is 0 Å². The average molecular weight is 49.6 g/mol. The van der Waals surface area contributed by atoms with Crippen molar-refractivity contribution in [2.45, 2.75) is 0 Å². The Morgan fingerprint density at radius 3 is 1.50 bits per heavy atom. The van der Waals surface area contributed by atoms with Crippen LogP contribution in [0.25, 0.3) is 0 Å². The Balaban J connectivity index is 2.80. The Morgan fingerprint density at radius 2 is 1.50 bits per heavy atom. The molecule has 0 rings (SSSR count). The van der Waals surface area contributed by atoms with Crippen molar-refractivity contribution in [2.24, 2.45) is 0 Å². The Kier molecular flexibility index (Phi) is 1.10. The summed E-state index contributed by atoms with van der Waals surface area (Å²) in [5, 5.41) is 0. The second-order valence-electron chi connectivity index (χ2n) is 0.402. The van der Waals surface area contributed by atoms with Gasteiger partial charge in [-0.05, 0) is 0 Å². The van der Waals surface area contributed by atoms with Crippen molar-refractivity contribution in [3.8, 4) is 0 Å². The summed E-state index contributed by atoms with van der Waals surface area (Å²) in [6.45, 7) is 0. The van der Waals surface area contributed by atoms with Crippen molar-refractivity contribution in [3.05, 3.63) is 0 Å². The lowest BCUT2D eigenvalue weighted by molar-refractivity contribution is 0.275.